The molecule has 0 saturated carbocycles. The molecule has 0 atom stereocenters. The summed E-state index contributed by atoms with van der Waals surface area (Å²) in [6, 6.07) is 0. The molecule has 0 amide bonds. The highest BCUT2D eigenvalue weighted by atomic mass is 16.6. The van der Waals surface area contributed by atoms with Gasteiger partial charge in [0.2, 0.25) is 0 Å². The van der Waals surface area contributed by atoms with Gasteiger partial charge in [-0.05, 0) is 12.3 Å². The molecule has 0 heterocycles. The van der Waals surface area contributed by atoms with E-state index in [0.29, 0.717) is 38.8 Å². The van der Waals surface area contributed by atoms with Crippen molar-refractivity contribution >= 4 is 5.97 Å². The largest absolute Gasteiger partial charge is 0.463 e. The van der Waals surface area contributed by atoms with Crippen molar-refractivity contribution in [2.75, 3.05) is 33.5 Å². The normalized spacial score (nSPS) is 10.7. The van der Waals surface area contributed by atoms with E-state index >= 15 is 0 Å². The molecule has 0 aliphatic carbocycles. The van der Waals surface area contributed by atoms with Crippen LogP contribution in [-0.4, -0.2) is 39.5 Å². The highest BCUT2D eigenvalue weighted by Gasteiger charge is 2.03. The molecule has 0 N–H and O–H groups in total. The van der Waals surface area contributed by atoms with Crippen LogP contribution in [0.15, 0.2) is 0 Å². The number of carbonyl (C=O) groups is 1. The van der Waals surface area contributed by atoms with Gasteiger partial charge in [0.05, 0.1) is 19.8 Å². The Balaban J connectivity index is 3.17. The highest BCUT2D eigenvalue weighted by Crippen LogP contribution is 2.04. The van der Waals surface area contributed by atoms with Gasteiger partial charge in [0.1, 0.15) is 6.61 Å². The first kappa shape index (κ1) is 14.4. The maximum absolute atomic E-state index is 11.1. The summed E-state index contributed by atoms with van der Waals surface area (Å²) in [7, 11) is 1.62. The number of hydrogen-bond donors (Lipinski definition) is 0. The smallest absolute Gasteiger partial charge is 0.305 e. The van der Waals surface area contributed by atoms with Crippen LogP contribution >= 0.6 is 0 Å². The molecule has 0 spiro atoms. The van der Waals surface area contributed by atoms with Crippen molar-refractivity contribution in [1.82, 2.24) is 0 Å². The summed E-state index contributed by atoms with van der Waals surface area (Å²) in [5.74, 6) is 0.398. The lowest BCUT2D eigenvalue weighted by atomic mass is 10.1. The number of rotatable bonds is 9. The van der Waals surface area contributed by atoms with Crippen LogP contribution in [-0.2, 0) is 19.0 Å². The Labute approximate surface area is 91.9 Å². The zero-order valence-corrected chi connectivity index (χ0v) is 9.95. The van der Waals surface area contributed by atoms with E-state index in [1.807, 2.05) is 0 Å². The van der Waals surface area contributed by atoms with E-state index in [9.17, 15) is 4.79 Å². The molecule has 90 valence electrons. The monoisotopic (exact) mass is 218 g/mol. The summed E-state index contributed by atoms with van der Waals surface area (Å²) >= 11 is 0. The van der Waals surface area contributed by atoms with E-state index in [1.54, 1.807) is 7.11 Å². The van der Waals surface area contributed by atoms with Crippen molar-refractivity contribution in [3.8, 4) is 0 Å². The van der Waals surface area contributed by atoms with Crippen molar-refractivity contribution in [1.29, 1.82) is 0 Å². The summed E-state index contributed by atoms with van der Waals surface area (Å²) < 4.78 is 14.9. The van der Waals surface area contributed by atoms with Gasteiger partial charge < -0.3 is 14.2 Å². The van der Waals surface area contributed by atoms with Crippen LogP contribution in [0.4, 0.5) is 0 Å². The van der Waals surface area contributed by atoms with Crippen molar-refractivity contribution < 1.29 is 19.0 Å². The van der Waals surface area contributed by atoms with Gasteiger partial charge in [0.15, 0.2) is 0 Å². The van der Waals surface area contributed by atoms with E-state index in [-0.39, 0.29) is 5.97 Å². The van der Waals surface area contributed by atoms with Gasteiger partial charge in [-0.2, -0.15) is 0 Å². The Hall–Kier alpha value is -0.610. The second-order valence-electron chi connectivity index (χ2n) is 3.76. The molecule has 0 radical (unpaired) electrons. The molecule has 0 rings (SSSR count). The fourth-order valence-electron chi connectivity index (χ4n) is 0.937. The molecule has 0 aliphatic rings. The minimum atomic E-state index is -0.140. The van der Waals surface area contributed by atoms with Crippen LogP contribution in [0, 0.1) is 5.92 Å². The Morgan fingerprint density at radius 1 is 1.13 bits per heavy atom. The fourth-order valence-corrected chi connectivity index (χ4v) is 0.937. The van der Waals surface area contributed by atoms with Crippen LogP contribution in [0.1, 0.15) is 26.7 Å². The van der Waals surface area contributed by atoms with Crippen LogP contribution in [0.3, 0.4) is 0 Å². The van der Waals surface area contributed by atoms with Crippen LogP contribution in [0.2, 0.25) is 0 Å². The maximum Gasteiger partial charge on any atom is 0.305 e. The first-order chi connectivity index (χ1) is 7.16. The van der Waals surface area contributed by atoms with E-state index in [1.165, 1.54) is 0 Å². The van der Waals surface area contributed by atoms with Crippen LogP contribution < -0.4 is 0 Å². The van der Waals surface area contributed by atoms with Crippen LogP contribution in [0.25, 0.3) is 0 Å². The summed E-state index contributed by atoms with van der Waals surface area (Å²) in [6.07, 6.45) is 1.37. The van der Waals surface area contributed by atoms with Gasteiger partial charge in [-0.15, -0.1) is 0 Å². The topological polar surface area (TPSA) is 44.8 Å². The minimum absolute atomic E-state index is 0.140. The second-order valence-corrected chi connectivity index (χ2v) is 3.76. The van der Waals surface area contributed by atoms with Gasteiger partial charge in [-0.25, -0.2) is 0 Å². The lowest BCUT2D eigenvalue weighted by Gasteiger charge is -2.06. The van der Waals surface area contributed by atoms with E-state index in [4.69, 9.17) is 14.2 Å². The average molecular weight is 218 g/mol. The number of methoxy groups -OCH3 is 1. The molecule has 4 nitrogen and oxygen atoms in total. The standard InChI is InChI=1S/C11H22O4/c1-10(2)4-5-11(12)15-9-8-14-7-6-13-3/h10H,4-9H2,1-3H3. The third-order valence-corrected chi connectivity index (χ3v) is 1.85. The third-order valence-electron chi connectivity index (χ3n) is 1.85. The molecule has 0 saturated heterocycles. The summed E-state index contributed by atoms with van der Waals surface area (Å²) in [5, 5.41) is 0. The Kier molecular flexibility index (Phi) is 9.52. The van der Waals surface area contributed by atoms with Gasteiger partial charge >= 0.3 is 5.97 Å². The van der Waals surface area contributed by atoms with E-state index in [2.05, 4.69) is 13.8 Å². The molecule has 0 aromatic heterocycles. The van der Waals surface area contributed by atoms with Crippen LogP contribution in [0.5, 0.6) is 0 Å². The number of carbonyl (C=O) groups excluding carboxylic acids is 1. The van der Waals surface area contributed by atoms with Gasteiger partial charge in [0, 0.05) is 13.5 Å². The van der Waals surface area contributed by atoms with Crippen molar-refractivity contribution in [3.05, 3.63) is 0 Å². The lowest BCUT2D eigenvalue weighted by Crippen LogP contribution is -2.12. The fraction of sp³-hybridized carbons (Fsp3) is 0.909. The lowest BCUT2D eigenvalue weighted by molar-refractivity contribution is -0.145. The third kappa shape index (κ3) is 11.3. The highest BCUT2D eigenvalue weighted by molar-refractivity contribution is 5.69. The molecule has 0 aromatic rings. The summed E-state index contributed by atoms with van der Waals surface area (Å²) in [5.41, 5.74) is 0. The zero-order valence-electron chi connectivity index (χ0n) is 9.95. The predicted molar refractivity (Wildman–Crippen MR) is 57.7 cm³/mol. The predicted octanol–water partition coefficient (Wildman–Crippen LogP) is 1.63. The Morgan fingerprint density at radius 3 is 2.40 bits per heavy atom. The molecule has 0 bridgehead atoms. The molecule has 0 aromatic carbocycles. The quantitative estimate of drug-likeness (QED) is 0.436. The number of esters is 1. The maximum atomic E-state index is 11.1. The first-order valence-corrected chi connectivity index (χ1v) is 5.39. The minimum Gasteiger partial charge on any atom is -0.463 e. The molecule has 4 heteroatoms. The second kappa shape index (κ2) is 9.93. The SMILES string of the molecule is COCCOCCOC(=O)CCC(C)C. The number of hydrogen-bond acceptors (Lipinski definition) is 4. The summed E-state index contributed by atoms with van der Waals surface area (Å²) in [4.78, 5) is 11.1. The molecule has 0 unspecified atom stereocenters. The van der Waals surface area contributed by atoms with Gasteiger partial charge in [0.25, 0.3) is 0 Å². The molecular weight excluding hydrogens is 196 g/mol. The van der Waals surface area contributed by atoms with Gasteiger partial charge in [-0.1, -0.05) is 13.8 Å². The first-order valence-electron chi connectivity index (χ1n) is 5.39. The van der Waals surface area contributed by atoms with Crippen molar-refractivity contribution in [3.63, 3.8) is 0 Å². The molecule has 15 heavy (non-hydrogen) atoms. The zero-order chi connectivity index (χ0) is 11.5. The van der Waals surface area contributed by atoms with E-state index < -0.39 is 0 Å². The Morgan fingerprint density at radius 2 is 1.80 bits per heavy atom. The molecular formula is C11H22O4. The summed E-state index contributed by atoms with van der Waals surface area (Å²) in [6.45, 7) is 6.06. The molecule has 0 fully saturated rings. The van der Waals surface area contributed by atoms with Gasteiger partial charge in [-0.3, -0.25) is 4.79 Å². The molecule has 0 aliphatic heterocycles. The average Bonchev–Trinajstić information content (AvgIpc) is 2.20. The number of ether oxygens (including phenoxy) is 3. The Bertz CT molecular complexity index is 157. The van der Waals surface area contributed by atoms with Crippen molar-refractivity contribution in [2.45, 2.75) is 26.7 Å². The van der Waals surface area contributed by atoms with E-state index in [0.717, 1.165) is 6.42 Å². The van der Waals surface area contributed by atoms with Crippen molar-refractivity contribution in [2.24, 2.45) is 5.92 Å².